The molecular weight excluding hydrogens is 240 g/mol. The Balaban J connectivity index is 1.93. The largest absolute Gasteiger partial charge is 0.339 e. The van der Waals surface area contributed by atoms with Gasteiger partial charge >= 0.3 is 0 Å². The predicted molar refractivity (Wildman–Crippen MR) is 75.2 cm³/mol. The van der Waals surface area contributed by atoms with Crippen LogP contribution < -0.4 is 5.32 Å². The number of hydrogen-bond donors (Lipinski definition) is 1. The predicted octanol–water partition coefficient (Wildman–Crippen LogP) is 1.81. The summed E-state index contributed by atoms with van der Waals surface area (Å²) in [7, 11) is 4.12. The van der Waals surface area contributed by atoms with Crippen molar-refractivity contribution in [3.05, 3.63) is 11.7 Å². The van der Waals surface area contributed by atoms with Gasteiger partial charge in [0.2, 0.25) is 5.89 Å². The third kappa shape index (κ3) is 4.01. The second kappa shape index (κ2) is 7.01. The quantitative estimate of drug-likeness (QED) is 0.815. The molecule has 0 radical (unpaired) electrons. The van der Waals surface area contributed by atoms with Crippen LogP contribution in [0.2, 0.25) is 0 Å². The van der Waals surface area contributed by atoms with Crippen molar-refractivity contribution in [2.75, 3.05) is 27.2 Å². The van der Waals surface area contributed by atoms with Crippen LogP contribution in [-0.2, 0) is 6.42 Å². The molecule has 2 unspecified atom stereocenters. The summed E-state index contributed by atoms with van der Waals surface area (Å²) in [5.41, 5.74) is 0. The van der Waals surface area contributed by atoms with Gasteiger partial charge < -0.3 is 14.7 Å². The maximum atomic E-state index is 5.47. The van der Waals surface area contributed by atoms with Crippen LogP contribution in [0.4, 0.5) is 0 Å². The van der Waals surface area contributed by atoms with E-state index in [1.54, 1.807) is 0 Å². The Morgan fingerprint density at radius 3 is 2.95 bits per heavy atom. The van der Waals surface area contributed by atoms with Crippen LogP contribution >= 0.6 is 0 Å². The lowest BCUT2D eigenvalue weighted by molar-refractivity contribution is 0.326. The van der Waals surface area contributed by atoms with Crippen molar-refractivity contribution < 1.29 is 4.52 Å². The molecule has 1 fully saturated rings. The molecule has 2 rings (SSSR count). The summed E-state index contributed by atoms with van der Waals surface area (Å²) in [6.07, 6.45) is 5.66. The van der Waals surface area contributed by atoms with Gasteiger partial charge in [0.1, 0.15) is 0 Å². The smallest absolute Gasteiger partial charge is 0.231 e. The zero-order valence-electron chi connectivity index (χ0n) is 12.4. The Morgan fingerprint density at radius 2 is 2.21 bits per heavy atom. The molecule has 19 heavy (non-hydrogen) atoms. The minimum atomic E-state index is 0.409. The van der Waals surface area contributed by atoms with Gasteiger partial charge in [0.15, 0.2) is 5.82 Å². The SMILES string of the molecule is CCCNC1CCCC1c1nc(CCN(C)C)no1. The van der Waals surface area contributed by atoms with Crippen molar-refractivity contribution in [3.63, 3.8) is 0 Å². The first-order chi connectivity index (χ1) is 9.20. The van der Waals surface area contributed by atoms with Crippen LogP contribution in [0.25, 0.3) is 0 Å². The summed E-state index contributed by atoms with van der Waals surface area (Å²) >= 11 is 0. The molecule has 0 bridgehead atoms. The Labute approximate surface area is 115 Å². The van der Waals surface area contributed by atoms with Crippen LogP contribution in [0.5, 0.6) is 0 Å². The van der Waals surface area contributed by atoms with E-state index >= 15 is 0 Å². The molecule has 5 heteroatoms. The Kier molecular flexibility index (Phi) is 5.34. The normalized spacial score (nSPS) is 23.4. The van der Waals surface area contributed by atoms with Gasteiger partial charge in [-0.05, 0) is 39.9 Å². The van der Waals surface area contributed by atoms with Crippen molar-refractivity contribution in [3.8, 4) is 0 Å². The maximum absolute atomic E-state index is 5.47. The number of likely N-dealkylation sites (N-methyl/N-ethyl adjacent to an activating group) is 1. The van der Waals surface area contributed by atoms with Crippen LogP contribution in [0, 0.1) is 0 Å². The Hall–Kier alpha value is -0.940. The maximum Gasteiger partial charge on any atom is 0.231 e. The fourth-order valence-electron chi connectivity index (χ4n) is 2.67. The van der Waals surface area contributed by atoms with E-state index in [4.69, 9.17) is 4.52 Å². The highest BCUT2D eigenvalue weighted by Crippen LogP contribution is 2.33. The van der Waals surface area contributed by atoms with Crippen molar-refractivity contribution >= 4 is 0 Å². The lowest BCUT2D eigenvalue weighted by Crippen LogP contribution is -2.31. The Morgan fingerprint density at radius 1 is 1.37 bits per heavy atom. The highest BCUT2D eigenvalue weighted by Gasteiger charge is 2.32. The minimum absolute atomic E-state index is 0.409. The van der Waals surface area contributed by atoms with Crippen molar-refractivity contribution in [1.29, 1.82) is 0 Å². The molecule has 5 nitrogen and oxygen atoms in total. The van der Waals surface area contributed by atoms with Gasteiger partial charge in [-0.25, -0.2) is 0 Å². The first kappa shape index (κ1) is 14.5. The van der Waals surface area contributed by atoms with Gasteiger partial charge in [-0.15, -0.1) is 0 Å². The lowest BCUT2D eigenvalue weighted by atomic mass is 10.0. The number of rotatable bonds is 7. The van der Waals surface area contributed by atoms with Crippen LogP contribution in [0.1, 0.15) is 50.2 Å². The fourth-order valence-corrected chi connectivity index (χ4v) is 2.67. The monoisotopic (exact) mass is 266 g/mol. The van der Waals surface area contributed by atoms with E-state index in [0.717, 1.165) is 37.6 Å². The summed E-state index contributed by atoms with van der Waals surface area (Å²) in [4.78, 5) is 6.71. The van der Waals surface area contributed by atoms with Gasteiger partial charge in [0, 0.05) is 19.0 Å². The van der Waals surface area contributed by atoms with E-state index in [2.05, 4.69) is 41.4 Å². The third-order valence-electron chi connectivity index (χ3n) is 3.76. The topological polar surface area (TPSA) is 54.2 Å². The zero-order chi connectivity index (χ0) is 13.7. The van der Waals surface area contributed by atoms with Gasteiger partial charge in [-0.2, -0.15) is 4.98 Å². The van der Waals surface area contributed by atoms with E-state index in [0.29, 0.717) is 12.0 Å². The molecule has 1 aliphatic rings. The minimum Gasteiger partial charge on any atom is -0.339 e. The molecule has 1 aromatic rings. The van der Waals surface area contributed by atoms with Gasteiger partial charge in [0.25, 0.3) is 0 Å². The average Bonchev–Trinajstić information content (AvgIpc) is 3.02. The van der Waals surface area contributed by atoms with E-state index in [1.165, 1.54) is 19.3 Å². The first-order valence-corrected chi connectivity index (χ1v) is 7.41. The molecule has 0 saturated heterocycles. The van der Waals surface area contributed by atoms with E-state index in [9.17, 15) is 0 Å². The highest BCUT2D eigenvalue weighted by atomic mass is 16.5. The van der Waals surface area contributed by atoms with Crippen LogP contribution in [0.15, 0.2) is 4.52 Å². The van der Waals surface area contributed by atoms with E-state index in [-0.39, 0.29) is 0 Å². The zero-order valence-corrected chi connectivity index (χ0v) is 12.4. The van der Waals surface area contributed by atoms with Crippen molar-refractivity contribution in [1.82, 2.24) is 20.4 Å². The molecule has 2 atom stereocenters. The van der Waals surface area contributed by atoms with E-state index in [1.807, 2.05) is 0 Å². The first-order valence-electron chi connectivity index (χ1n) is 7.41. The third-order valence-corrected chi connectivity index (χ3v) is 3.76. The number of nitrogens with one attached hydrogen (secondary N) is 1. The molecule has 1 aromatic heterocycles. The summed E-state index contributed by atoms with van der Waals surface area (Å²) in [6, 6.07) is 0.516. The van der Waals surface area contributed by atoms with Crippen LogP contribution in [0.3, 0.4) is 0 Å². The molecule has 0 aromatic carbocycles. The van der Waals surface area contributed by atoms with Crippen LogP contribution in [-0.4, -0.2) is 48.3 Å². The summed E-state index contributed by atoms with van der Waals surface area (Å²) in [5.74, 6) is 2.08. The molecule has 1 N–H and O–H groups in total. The molecule has 1 saturated carbocycles. The Bertz CT molecular complexity index is 377. The molecule has 0 spiro atoms. The summed E-state index contributed by atoms with van der Waals surface area (Å²) in [5, 5.41) is 7.71. The molecule has 108 valence electrons. The number of hydrogen-bond acceptors (Lipinski definition) is 5. The fraction of sp³-hybridized carbons (Fsp3) is 0.857. The second-order valence-corrected chi connectivity index (χ2v) is 5.70. The second-order valence-electron chi connectivity index (χ2n) is 5.70. The van der Waals surface area contributed by atoms with Gasteiger partial charge in [0.05, 0.1) is 5.92 Å². The molecule has 1 heterocycles. The summed E-state index contributed by atoms with van der Waals surface area (Å²) < 4.78 is 5.47. The number of aromatic nitrogens is 2. The highest BCUT2D eigenvalue weighted by molar-refractivity contribution is 5.03. The van der Waals surface area contributed by atoms with Crippen molar-refractivity contribution in [2.45, 2.75) is 51.0 Å². The standard InChI is InChI=1S/C14H26N4O/c1-4-9-15-12-7-5-6-11(12)14-16-13(17-19-14)8-10-18(2)3/h11-12,15H,4-10H2,1-3H3. The van der Waals surface area contributed by atoms with E-state index < -0.39 is 0 Å². The number of nitrogens with zero attached hydrogens (tertiary/aromatic N) is 3. The molecule has 1 aliphatic carbocycles. The molecule has 0 aliphatic heterocycles. The molecular formula is C14H26N4O. The lowest BCUT2D eigenvalue weighted by Gasteiger charge is -2.17. The summed E-state index contributed by atoms with van der Waals surface area (Å²) in [6.45, 7) is 4.23. The molecule has 0 amide bonds. The van der Waals surface area contributed by atoms with Gasteiger partial charge in [-0.1, -0.05) is 18.5 Å². The average molecular weight is 266 g/mol. The van der Waals surface area contributed by atoms with Crippen molar-refractivity contribution in [2.24, 2.45) is 0 Å². The van der Waals surface area contributed by atoms with Gasteiger partial charge in [-0.3, -0.25) is 0 Å².